The summed E-state index contributed by atoms with van der Waals surface area (Å²) in [6, 6.07) is 48.8. The molecule has 0 saturated carbocycles. The summed E-state index contributed by atoms with van der Waals surface area (Å²) >= 11 is 3.58. The molecule has 0 fully saturated rings. The standard InChI is InChI=1S/C32H24BrN/c33-28-20-22-30(23-21-28)34(29-17-8-3-9-18-29)32-19-11-10-16-27(32)24-31(25-12-4-1-5-13-25)26-14-6-2-7-15-26/h1-24H. The smallest absolute Gasteiger partial charge is 0.0534 e. The van der Waals surface area contributed by atoms with E-state index in [1.54, 1.807) is 0 Å². The lowest BCUT2D eigenvalue weighted by molar-refractivity contribution is 1.27. The molecule has 0 atom stereocenters. The molecule has 0 aromatic heterocycles. The Morgan fingerprint density at radius 3 is 1.56 bits per heavy atom. The zero-order chi connectivity index (χ0) is 23.2. The van der Waals surface area contributed by atoms with Crippen LogP contribution in [0.15, 0.2) is 144 Å². The fourth-order valence-electron chi connectivity index (χ4n) is 4.13. The molecule has 0 radical (unpaired) electrons. The van der Waals surface area contributed by atoms with Crippen LogP contribution in [0, 0.1) is 0 Å². The van der Waals surface area contributed by atoms with Crippen molar-refractivity contribution in [3.63, 3.8) is 0 Å². The van der Waals surface area contributed by atoms with Crippen molar-refractivity contribution >= 4 is 44.6 Å². The second-order valence-electron chi connectivity index (χ2n) is 8.00. The van der Waals surface area contributed by atoms with Crippen molar-refractivity contribution in [2.75, 3.05) is 4.90 Å². The normalized spacial score (nSPS) is 10.5. The molecule has 0 saturated heterocycles. The van der Waals surface area contributed by atoms with Crippen molar-refractivity contribution in [3.8, 4) is 0 Å². The molecule has 0 aliphatic heterocycles. The molecule has 0 bridgehead atoms. The van der Waals surface area contributed by atoms with E-state index >= 15 is 0 Å². The molecule has 0 unspecified atom stereocenters. The highest BCUT2D eigenvalue weighted by Crippen LogP contribution is 2.38. The van der Waals surface area contributed by atoms with E-state index in [-0.39, 0.29) is 0 Å². The summed E-state index contributed by atoms with van der Waals surface area (Å²) < 4.78 is 1.06. The molecule has 0 aliphatic carbocycles. The van der Waals surface area contributed by atoms with Crippen molar-refractivity contribution in [3.05, 3.63) is 161 Å². The van der Waals surface area contributed by atoms with E-state index in [9.17, 15) is 0 Å². The Kier molecular flexibility index (Phi) is 6.69. The van der Waals surface area contributed by atoms with Gasteiger partial charge in [-0.1, -0.05) is 113 Å². The fourth-order valence-corrected chi connectivity index (χ4v) is 4.40. The second kappa shape index (κ2) is 10.4. The SMILES string of the molecule is Brc1ccc(N(c2ccccc2)c2ccccc2C=C(c2ccccc2)c2ccccc2)cc1. The van der Waals surface area contributed by atoms with Crippen LogP contribution in [0.2, 0.25) is 0 Å². The molecule has 5 rings (SSSR count). The maximum absolute atomic E-state index is 3.58. The van der Waals surface area contributed by atoms with Crippen LogP contribution in [-0.2, 0) is 0 Å². The second-order valence-corrected chi connectivity index (χ2v) is 8.91. The number of hydrogen-bond acceptors (Lipinski definition) is 1. The van der Waals surface area contributed by atoms with Gasteiger partial charge in [0.25, 0.3) is 0 Å². The predicted octanol–water partition coefficient (Wildman–Crippen LogP) is 9.51. The Balaban J connectivity index is 1.71. The molecular weight excluding hydrogens is 478 g/mol. The summed E-state index contributed by atoms with van der Waals surface area (Å²) in [6.07, 6.45) is 2.30. The maximum Gasteiger partial charge on any atom is 0.0534 e. The first-order chi connectivity index (χ1) is 16.8. The number of benzene rings is 5. The van der Waals surface area contributed by atoms with E-state index in [1.165, 1.54) is 16.7 Å². The molecule has 0 amide bonds. The number of anilines is 3. The summed E-state index contributed by atoms with van der Waals surface area (Å²) in [5.41, 5.74) is 8.08. The first kappa shape index (κ1) is 21.9. The molecule has 5 aromatic rings. The minimum absolute atomic E-state index is 1.06. The van der Waals surface area contributed by atoms with Gasteiger partial charge in [-0.25, -0.2) is 0 Å². The molecule has 0 N–H and O–H groups in total. The van der Waals surface area contributed by atoms with Crippen molar-refractivity contribution < 1.29 is 0 Å². The zero-order valence-corrected chi connectivity index (χ0v) is 20.3. The lowest BCUT2D eigenvalue weighted by Gasteiger charge is -2.27. The fraction of sp³-hybridized carbons (Fsp3) is 0. The minimum atomic E-state index is 1.06. The van der Waals surface area contributed by atoms with Crippen LogP contribution in [0.4, 0.5) is 17.1 Å². The van der Waals surface area contributed by atoms with Crippen molar-refractivity contribution in [2.45, 2.75) is 0 Å². The number of halogens is 1. The molecule has 5 aromatic carbocycles. The van der Waals surface area contributed by atoms with E-state index in [0.717, 1.165) is 27.1 Å². The summed E-state index contributed by atoms with van der Waals surface area (Å²) in [5, 5.41) is 0. The molecule has 164 valence electrons. The molecule has 1 nitrogen and oxygen atoms in total. The Hall–Kier alpha value is -3.88. The lowest BCUT2D eigenvalue weighted by atomic mass is 9.95. The first-order valence-electron chi connectivity index (χ1n) is 11.3. The largest absolute Gasteiger partial charge is 0.310 e. The van der Waals surface area contributed by atoms with Gasteiger partial charge in [0.2, 0.25) is 0 Å². The summed E-state index contributed by atoms with van der Waals surface area (Å²) in [7, 11) is 0. The van der Waals surface area contributed by atoms with Gasteiger partial charge in [-0.05, 0) is 70.8 Å². The highest BCUT2D eigenvalue weighted by molar-refractivity contribution is 9.10. The Morgan fingerprint density at radius 1 is 0.500 bits per heavy atom. The van der Waals surface area contributed by atoms with Gasteiger partial charge in [0.15, 0.2) is 0 Å². The van der Waals surface area contributed by atoms with Gasteiger partial charge < -0.3 is 4.90 Å². The van der Waals surface area contributed by atoms with E-state index < -0.39 is 0 Å². The van der Waals surface area contributed by atoms with Gasteiger partial charge in [0, 0.05) is 15.8 Å². The van der Waals surface area contributed by atoms with Gasteiger partial charge in [-0.15, -0.1) is 0 Å². The van der Waals surface area contributed by atoms with Gasteiger partial charge in [-0.2, -0.15) is 0 Å². The third-order valence-electron chi connectivity index (χ3n) is 5.75. The van der Waals surface area contributed by atoms with E-state index in [2.05, 4.69) is 166 Å². The summed E-state index contributed by atoms with van der Waals surface area (Å²) in [6.45, 7) is 0. The van der Waals surface area contributed by atoms with E-state index in [4.69, 9.17) is 0 Å². The third kappa shape index (κ3) is 4.88. The van der Waals surface area contributed by atoms with Crippen LogP contribution >= 0.6 is 15.9 Å². The van der Waals surface area contributed by atoms with Crippen LogP contribution in [0.25, 0.3) is 11.6 Å². The van der Waals surface area contributed by atoms with Gasteiger partial charge >= 0.3 is 0 Å². The third-order valence-corrected chi connectivity index (χ3v) is 6.27. The predicted molar refractivity (Wildman–Crippen MR) is 149 cm³/mol. The van der Waals surface area contributed by atoms with E-state index in [1.807, 2.05) is 0 Å². The van der Waals surface area contributed by atoms with Gasteiger partial charge in [-0.3, -0.25) is 0 Å². The van der Waals surface area contributed by atoms with Crippen molar-refractivity contribution in [1.82, 2.24) is 0 Å². The Bertz CT molecular complexity index is 1330. The highest BCUT2D eigenvalue weighted by atomic mass is 79.9. The molecule has 0 spiro atoms. The molecule has 34 heavy (non-hydrogen) atoms. The number of hydrogen-bond donors (Lipinski definition) is 0. The molecule has 0 heterocycles. The molecular formula is C32H24BrN. The summed E-state index contributed by atoms with van der Waals surface area (Å²) in [5.74, 6) is 0. The van der Waals surface area contributed by atoms with E-state index in [0.29, 0.717) is 0 Å². The number of para-hydroxylation sites is 2. The Labute approximate surface area is 209 Å². The molecule has 0 aliphatic rings. The Morgan fingerprint density at radius 2 is 0.971 bits per heavy atom. The summed E-state index contributed by atoms with van der Waals surface area (Å²) in [4.78, 5) is 2.31. The van der Waals surface area contributed by atoms with Gasteiger partial charge in [0.05, 0.1) is 5.69 Å². The number of rotatable bonds is 6. The van der Waals surface area contributed by atoms with Crippen LogP contribution < -0.4 is 4.90 Å². The first-order valence-corrected chi connectivity index (χ1v) is 12.1. The zero-order valence-electron chi connectivity index (χ0n) is 18.7. The lowest BCUT2D eigenvalue weighted by Crippen LogP contribution is -2.11. The van der Waals surface area contributed by atoms with Crippen molar-refractivity contribution in [1.29, 1.82) is 0 Å². The minimum Gasteiger partial charge on any atom is -0.310 e. The highest BCUT2D eigenvalue weighted by Gasteiger charge is 2.16. The number of nitrogens with zero attached hydrogens (tertiary/aromatic N) is 1. The van der Waals surface area contributed by atoms with Crippen LogP contribution in [0.5, 0.6) is 0 Å². The molecule has 2 heteroatoms. The van der Waals surface area contributed by atoms with Gasteiger partial charge in [0.1, 0.15) is 0 Å². The monoisotopic (exact) mass is 501 g/mol. The topological polar surface area (TPSA) is 3.24 Å². The average molecular weight is 502 g/mol. The quantitative estimate of drug-likeness (QED) is 0.209. The maximum atomic E-state index is 3.58. The average Bonchev–Trinajstić information content (AvgIpc) is 2.91. The van der Waals surface area contributed by atoms with Crippen molar-refractivity contribution in [2.24, 2.45) is 0 Å². The van der Waals surface area contributed by atoms with Crippen LogP contribution in [0.3, 0.4) is 0 Å². The van der Waals surface area contributed by atoms with Crippen LogP contribution in [0.1, 0.15) is 16.7 Å². The van der Waals surface area contributed by atoms with Crippen LogP contribution in [-0.4, -0.2) is 0 Å².